The van der Waals surface area contributed by atoms with Crippen LogP contribution in [-0.4, -0.2) is 36.9 Å². The van der Waals surface area contributed by atoms with Crippen molar-refractivity contribution in [3.05, 3.63) is 0 Å². The quantitative estimate of drug-likeness (QED) is 0.661. The molecule has 92 valence electrons. The molecule has 0 aromatic heterocycles. The normalized spacial score (nSPS) is 23.1. The third kappa shape index (κ3) is 4.72. The molecule has 0 radical (unpaired) electrons. The van der Waals surface area contributed by atoms with Gasteiger partial charge in [-0.25, -0.2) is 0 Å². The molecule has 0 amide bonds. The number of Topliss-reactive ketones (excluding diaryl/α,β-unsaturated/α-hetero) is 1. The standard InChI is InChI=1S/C11H18O5/c1-8(12)4-5-10(13)14-6-9-7-15-11(2,3)16-9/h9H,4-7H2,1-3H3. The molecule has 1 unspecified atom stereocenters. The molecule has 1 rings (SSSR count). The van der Waals surface area contributed by atoms with Crippen LogP contribution in [0, 0.1) is 0 Å². The first kappa shape index (κ1) is 13.1. The Morgan fingerprint density at radius 2 is 2.06 bits per heavy atom. The number of carbonyl (C=O) groups excluding carboxylic acids is 2. The van der Waals surface area contributed by atoms with E-state index in [1.54, 1.807) is 0 Å². The van der Waals surface area contributed by atoms with Gasteiger partial charge in [0.05, 0.1) is 13.0 Å². The lowest BCUT2D eigenvalue weighted by Crippen LogP contribution is -2.25. The molecule has 1 aliphatic heterocycles. The fourth-order valence-electron chi connectivity index (χ4n) is 1.38. The Morgan fingerprint density at radius 1 is 1.38 bits per heavy atom. The Bertz CT molecular complexity index is 272. The zero-order valence-electron chi connectivity index (χ0n) is 9.95. The highest BCUT2D eigenvalue weighted by atomic mass is 16.7. The molecule has 5 heteroatoms. The summed E-state index contributed by atoms with van der Waals surface area (Å²) in [6, 6.07) is 0. The molecule has 1 saturated heterocycles. The molecular weight excluding hydrogens is 212 g/mol. The average Bonchev–Trinajstić information content (AvgIpc) is 2.52. The van der Waals surface area contributed by atoms with E-state index in [9.17, 15) is 9.59 Å². The summed E-state index contributed by atoms with van der Waals surface area (Å²) in [6.45, 7) is 5.67. The van der Waals surface area contributed by atoms with E-state index in [-0.39, 0.29) is 37.3 Å². The van der Waals surface area contributed by atoms with Crippen molar-refractivity contribution in [3.8, 4) is 0 Å². The van der Waals surface area contributed by atoms with Crippen LogP contribution in [0.5, 0.6) is 0 Å². The van der Waals surface area contributed by atoms with Gasteiger partial charge in [-0.2, -0.15) is 0 Å². The van der Waals surface area contributed by atoms with E-state index < -0.39 is 5.79 Å². The Balaban J connectivity index is 2.15. The van der Waals surface area contributed by atoms with Gasteiger partial charge in [-0.3, -0.25) is 4.79 Å². The summed E-state index contributed by atoms with van der Waals surface area (Å²) in [5.74, 6) is -0.988. The van der Waals surface area contributed by atoms with Crippen LogP contribution in [0.2, 0.25) is 0 Å². The zero-order valence-corrected chi connectivity index (χ0v) is 9.95. The Morgan fingerprint density at radius 3 is 2.56 bits per heavy atom. The summed E-state index contributed by atoms with van der Waals surface area (Å²) in [7, 11) is 0. The predicted molar refractivity (Wildman–Crippen MR) is 55.8 cm³/mol. The van der Waals surface area contributed by atoms with Gasteiger partial charge in [-0.15, -0.1) is 0 Å². The molecule has 0 aliphatic carbocycles. The third-order valence-electron chi connectivity index (χ3n) is 2.18. The molecule has 0 spiro atoms. The molecule has 0 aromatic carbocycles. The van der Waals surface area contributed by atoms with Gasteiger partial charge in [0.25, 0.3) is 0 Å². The van der Waals surface area contributed by atoms with Crippen LogP contribution in [0.1, 0.15) is 33.6 Å². The Hall–Kier alpha value is -0.940. The molecule has 16 heavy (non-hydrogen) atoms. The summed E-state index contributed by atoms with van der Waals surface area (Å²) < 4.78 is 15.7. The largest absolute Gasteiger partial charge is 0.463 e. The molecule has 0 aromatic rings. The van der Waals surface area contributed by atoms with Gasteiger partial charge < -0.3 is 19.0 Å². The van der Waals surface area contributed by atoms with Gasteiger partial charge in [0.15, 0.2) is 5.79 Å². The second-order valence-corrected chi connectivity index (χ2v) is 4.34. The van der Waals surface area contributed by atoms with Gasteiger partial charge in [-0.05, 0) is 20.8 Å². The monoisotopic (exact) mass is 230 g/mol. The maximum absolute atomic E-state index is 11.2. The number of ether oxygens (including phenoxy) is 3. The van der Waals surface area contributed by atoms with Crippen molar-refractivity contribution in [1.82, 2.24) is 0 Å². The highest BCUT2D eigenvalue weighted by molar-refractivity contribution is 5.80. The second kappa shape index (κ2) is 5.41. The smallest absolute Gasteiger partial charge is 0.306 e. The minimum atomic E-state index is -0.601. The highest BCUT2D eigenvalue weighted by Gasteiger charge is 2.33. The average molecular weight is 230 g/mol. The molecular formula is C11H18O5. The second-order valence-electron chi connectivity index (χ2n) is 4.34. The minimum absolute atomic E-state index is 0.0152. The molecule has 5 nitrogen and oxygen atoms in total. The predicted octanol–water partition coefficient (Wildman–Crippen LogP) is 1.05. The topological polar surface area (TPSA) is 61.8 Å². The van der Waals surface area contributed by atoms with Gasteiger partial charge in [-0.1, -0.05) is 0 Å². The fraction of sp³-hybridized carbons (Fsp3) is 0.818. The molecule has 1 atom stereocenters. The number of hydrogen-bond donors (Lipinski definition) is 0. The van der Waals surface area contributed by atoms with Gasteiger partial charge >= 0.3 is 5.97 Å². The molecule has 0 bridgehead atoms. The van der Waals surface area contributed by atoms with E-state index in [1.807, 2.05) is 13.8 Å². The summed E-state index contributed by atoms with van der Waals surface area (Å²) >= 11 is 0. The third-order valence-corrected chi connectivity index (χ3v) is 2.18. The lowest BCUT2D eigenvalue weighted by Gasteiger charge is -2.16. The maximum Gasteiger partial charge on any atom is 0.306 e. The van der Waals surface area contributed by atoms with Crippen molar-refractivity contribution >= 4 is 11.8 Å². The van der Waals surface area contributed by atoms with Crippen LogP contribution in [0.3, 0.4) is 0 Å². The SMILES string of the molecule is CC(=O)CCC(=O)OCC1COC(C)(C)O1. The number of rotatable bonds is 5. The van der Waals surface area contributed by atoms with Crippen LogP contribution in [0.25, 0.3) is 0 Å². The molecule has 1 fully saturated rings. The summed E-state index contributed by atoms with van der Waals surface area (Å²) in [6.07, 6.45) is 0.148. The highest BCUT2D eigenvalue weighted by Crippen LogP contribution is 2.22. The zero-order chi connectivity index (χ0) is 12.2. The maximum atomic E-state index is 11.2. The van der Waals surface area contributed by atoms with E-state index in [1.165, 1.54) is 6.92 Å². The molecule has 0 saturated carbocycles. The molecule has 1 heterocycles. The summed E-state index contributed by atoms with van der Waals surface area (Å²) in [5.41, 5.74) is 0. The molecule has 0 N–H and O–H groups in total. The van der Waals surface area contributed by atoms with Gasteiger partial charge in [0, 0.05) is 6.42 Å². The first-order valence-corrected chi connectivity index (χ1v) is 5.36. The first-order chi connectivity index (χ1) is 7.39. The van der Waals surface area contributed by atoms with E-state index in [0.29, 0.717) is 6.61 Å². The first-order valence-electron chi connectivity index (χ1n) is 5.36. The van der Waals surface area contributed by atoms with E-state index >= 15 is 0 Å². The van der Waals surface area contributed by atoms with Crippen molar-refractivity contribution in [3.63, 3.8) is 0 Å². The number of carbonyl (C=O) groups is 2. The van der Waals surface area contributed by atoms with Crippen molar-refractivity contribution in [1.29, 1.82) is 0 Å². The van der Waals surface area contributed by atoms with E-state index in [2.05, 4.69) is 0 Å². The van der Waals surface area contributed by atoms with E-state index in [0.717, 1.165) is 0 Å². The number of ketones is 1. The summed E-state index contributed by atoms with van der Waals surface area (Å²) in [5, 5.41) is 0. The van der Waals surface area contributed by atoms with Crippen LogP contribution in [0.4, 0.5) is 0 Å². The lowest BCUT2D eigenvalue weighted by molar-refractivity contribution is -0.158. The van der Waals surface area contributed by atoms with Crippen LogP contribution in [-0.2, 0) is 23.8 Å². The van der Waals surface area contributed by atoms with Gasteiger partial charge in [0.2, 0.25) is 0 Å². The summed E-state index contributed by atoms with van der Waals surface area (Å²) in [4.78, 5) is 21.8. The minimum Gasteiger partial charge on any atom is -0.463 e. The Kier molecular flexibility index (Phi) is 4.44. The Labute approximate surface area is 95.0 Å². The van der Waals surface area contributed by atoms with E-state index in [4.69, 9.17) is 14.2 Å². The van der Waals surface area contributed by atoms with Crippen molar-refractivity contribution in [2.75, 3.05) is 13.2 Å². The van der Waals surface area contributed by atoms with Crippen LogP contribution < -0.4 is 0 Å². The van der Waals surface area contributed by atoms with Crippen LogP contribution >= 0.6 is 0 Å². The van der Waals surface area contributed by atoms with Crippen molar-refractivity contribution in [2.24, 2.45) is 0 Å². The van der Waals surface area contributed by atoms with Crippen molar-refractivity contribution < 1.29 is 23.8 Å². The number of hydrogen-bond acceptors (Lipinski definition) is 5. The van der Waals surface area contributed by atoms with Crippen LogP contribution in [0.15, 0.2) is 0 Å². The lowest BCUT2D eigenvalue weighted by atomic mass is 10.2. The number of esters is 1. The fourth-order valence-corrected chi connectivity index (χ4v) is 1.38. The molecule has 1 aliphatic rings. The van der Waals surface area contributed by atoms with Crippen molar-refractivity contribution in [2.45, 2.75) is 45.5 Å². The van der Waals surface area contributed by atoms with Gasteiger partial charge in [0.1, 0.15) is 18.5 Å².